The summed E-state index contributed by atoms with van der Waals surface area (Å²) in [6.07, 6.45) is 4.83. The molecule has 108 valence electrons. The third-order valence-electron chi connectivity index (χ3n) is 2.90. The molecule has 0 bridgehead atoms. The highest BCUT2D eigenvalue weighted by Gasteiger charge is 1.97. The van der Waals surface area contributed by atoms with Crippen LogP contribution >= 0.6 is 0 Å². The van der Waals surface area contributed by atoms with Crippen molar-refractivity contribution in [2.75, 3.05) is 25.0 Å². The van der Waals surface area contributed by atoms with Gasteiger partial charge in [0.15, 0.2) is 0 Å². The van der Waals surface area contributed by atoms with Crippen LogP contribution in [0.5, 0.6) is 5.75 Å². The first kappa shape index (κ1) is 15.8. The molecule has 0 aliphatic carbocycles. The molecule has 0 aliphatic heterocycles. The van der Waals surface area contributed by atoms with Gasteiger partial charge < -0.3 is 15.8 Å². The zero-order valence-electron chi connectivity index (χ0n) is 12.3. The van der Waals surface area contributed by atoms with Crippen LogP contribution in [0.15, 0.2) is 24.3 Å². The maximum Gasteiger partial charge on any atom is 0.119 e. The molecule has 0 amide bonds. The van der Waals surface area contributed by atoms with Gasteiger partial charge in [-0.3, -0.25) is 0 Å². The largest absolute Gasteiger partial charge is 0.493 e. The molecule has 0 aromatic heterocycles. The molecule has 3 N–H and O–H groups in total. The predicted octanol–water partition coefficient (Wildman–Crippen LogP) is 3.65. The average molecular weight is 264 g/mol. The van der Waals surface area contributed by atoms with E-state index in [1.54, 1.807) is 0 Å². The summed E-state index contributed by atoms with van der Waals surface area (Å²) in [5.74, 6) is 1.51. The van der Waals surface area contributed by atoms with Gasteiger partial charge in [0, 0.05) is 12.2 Å². The Balaban J connectivity index is 2.17. The van der Waals surface area contributed by atoms with Crippen molar-refractivity contribution in [2.45, 2.75) is 39.5 Å². The number of nitrogens with one attached hydrogen (secondary N) is 1. The molecule has 0 radical (unpaired) electrons. The molecule has 1 aromatic carbocycles. The third kappa shape index (κ3) is 7.73. The summed E-state index contributed by atoms with van der Waals surface area (Å²) in [6.45, 7) is 6.91. The molecule has 0 saturated heterocycles. The maximum absolute atomic E-state index is 5.65. The van der Waals surface area contributed by atoms with E-state index in [0.717, 1.165) is 37.6 Å². The van der Waals surface area contributed by atoms with Crippen LogP contribution < -0.4 is 15.8 Å². The lowest BCUT2D eigenvalue weighted by molar-refractivity contribution is 0.271. The van der Waals surface area contributed by atoms with E-state index >= 15 is 0 Å². The summed E-state index contributed by atoms with van der Waals surface area (Å²) in [4.78, 5) is 0. The lowest BCUT2D eigenvalue weighted by Gasteiger charge is -2.10. The summed E-state index contributed by atoms with van der Waals surface area (Å²) in [7, 11) is 0. The minimum absolute atomic E-state index is 0.561. The first-order valence-corrected chi connectivity index (χ1v) is 7.39. The minimum Gasteiger partial charge on any atom is -0.493 e. The van der Waals surface area contributed by atoms with Crippen molar-refractivity contribution in [3.8, 4) is 5.75 Å². The number of nitrogens with two attached hydrogens (primary N) is 1. The molecule has 0 heterocycles. The van der Waals surface area contributed by atoms with Crippen LogP contribution in [-0.4, -0.2) is 19.7 Å². The number of anilines is 1. The molecule has 19 heavy (non-hydrogen) atoms. The minimum atomic E-state index is 0.561. The van der Waals surface area contributed by atoms with Gasteiger partial charge in [-0.1, -0.05) is 26.7 Å². The molecular weight excluding hydrogens is 236 g/mol. The molecule has 0 aliphatic rings. The van der Waals surface area contributed by atoms with Crippen LogP contribution in [0.25, 0.3) is 0 Å². The van der Waals surface area contributed by atoms with Gasteiger partial charge in [-0.05, 0) is 49.6 Å². The van der Waals surface area contributed by atoms with E-state index in [-0.39, 0.29) is 0 Å². The molecule has 3 nitrogen and oxygen atoms in total. The number of unbranched alkanes of at least 4 members (excludes halogenated alkanes) is 3. The normalized spacial score (nSPS) is 10.7. The van der Waals surface area contributed by atoms with Crippen molar-refractivity contribution >= 4 is 5.69 Å². The quantitative estimate of drug-likeness (QED) is 0.634. The van der Waals surface area contributed by atoms with Crippen LogP contribution in [0.2, 0.25) is 0 Å². The summed E-state index contributed by atoms with van der Waals surface area (Å²) in [5, 5.41) is 3.43. The van der Waals surface area contributed by atoms with E-state index in [9.17, 15) is 0 Å². The maximum atomic E-state index is 5.65. The van der Waals surface area contributed by atoms with Crippen LogP contribution in [-0.2, 0) is 0 Å². The number of ether oxygens (including phenoxy) is 1. The Hall–Kier alpha value is -1.22. The fourth-order valence-electron chi connectivity index (χ4n) is 1.79. The Bertz CT molecular complexity index is 322. The van der Waals surface area contributed by atoms with Gasteiger partial charge >= 0.3 is 0 Å². The van der Waals surface area contributed by atoms with Crippen LogP contribution in [0.3, 0.4) is 0 Å². The smallest absolute Gasteiger partial charge is 0.119 e. The van der Waals surface area contributed by atoms with Crippen molar-refractivity contribution in [3.63, 3.8) is 0 Å². The number of benzene rings is 1. The highest BCUT2D eigenvalue weighted by molar-refractivity contribution is 5.46. The van der Waals surface area contributed by atoms with Crippen molar-refractivity contribution < 1.29 is 4.74 Å². The van der Waals surface area contributed by atoms with Crippen LogP contribution in [0.1, 0.15) is 39.5 Å². The second kappa shape index (κ2) is 9.68. The summed E-state index contributed by atoms with van der Waals surface area (Å²) < 4.78 is 5.65. The van der Waals surface area contributed by atoms with Crippen LogP contribution in [0, 0.1) is 5.92 Å². The Labute approximate surface area is 117 Å². The summed E-state index contributed by atoms with van der Waals surface area (Å²) in [5.41, 5.74) is 6.63. The van der Waals surface area contributed by atoms with Gasteiger partial charge in [0.25, 0.3) is 0 Å². The fourth-order valence-corrected chi connectivity index (χ4v) is 1.79. The lowest BCUT2D eigenvalue weighted by Crippen LogP contribution is -2.05. The average Bonchev–Trinajstić information content (AvgIpc) is 2.41. The topological polar surface area (TPSA) is 47.3 Å². The molecule has 1 aromatic rings. The summed E-state index contributed by atoms with van der Waals surface area (Å²) >= 11 is 0. The van der Waals surface area contributed by atoms with E-state index < -0.39 is 0 Å². The van der Waals surface area contributed by atoms with Crippen LogP contribution in [0.4, 0.5) is 5.69 Å². The summed E-state index contributed by atoms with van der Waals surface area (Å²) in [6, 6.07) is 8.21. The van der Waals surface area contributed by atoms with Gasteiger partial charge in [-0.2, -0.15) is 0 Å². The Morgan fingerprint density at radius 2 is 1.74 bits per heavy atom. The van der Waals surface area contributed by atoms with Crippen molar-refractivity contribution in [1.29, 1.82) is 0 Å². The first-order chi connectivity index (χ1) is 9.22. The standard InChI is InChI=1S/C16H28N2O/c1-14(2)13-19-16-9-7-15(8-10-16)18-12-6-4-3-5-11-17/h7-10,14,18H,3-6,11-13,17H2,1-2H3. The Morgan fingerprint density at radius 3 is 2.37 bits per heavy atom. The first-order valence-electron chi connectivity index (χ1n) is 7.39. The van der Waals surface area contributed by atoms with E-state index in [2.05, 4.69) is 31.3 Å². The predicted molar refractivity (Wildman–Crippen MR) is 82.8 cm³/mol. The van der Waals surface area contributed by atoms with E-state index in [1.807, 2.05) is 12.1 Å². The van der Waals surface area contributed by atoms with Gasteiger partial charge in [0.2, 0.25) is 0 Å². The Kier molecular flexibility index (Phi) is 8.07. The molecule has 0 unspecified atom stereocenters. The molecule has 1 rings (SSSR count). The monoisotopic (exact) mass is 264 g/mol. The molecule has 3 heteroatoms. The molecular formula is C16H28N2O. The number of rotatable bonds is 10. The van der Waals surface area contributed by atoms with Crippen molar-refractivity contribution in [3.05, 3.63) is 24.3 Å². The van der Waals surface area contributed by atoms with E-state index in [0.29, 0.717) is 5.92 Å². The zero-order chi connectivity index (χ0) is 13.9. The lowest BCUT2D eigenvalue weighted by atomic mass is 10.2. The fraction of sp³-hybridized carbons (Fsp3) is 0.625. The van der Waals surface area contributed by atoms with E-state index in [1.165, 1.54) is 19.3 Å². The highest BCUT2D eigenvalue weighted by Crippen LogP contribution is 2.16. The zero-order valence-corrected chi connectivity index (χ0v) is 12.3. The molecule has 0 fully saturated rings. The van der Waals surface area contributed by atoms with Crippen molar-refractivity contribution in [2.24, 2.45) is 11.7 Å². The third-order valence-corrected chi connectivity index (χ3v) is 2.90. The number of hydrogen-bond acceptors (Lipinski definition) is 3. The molecule has 0 spiro atoms. The van der Waals surface area contributed by atoms with Gasteiger partial charge in [-0.25, -0.2) is 0 Å². The van der Waals surface area contributed by atoms with Gasteiger partial charge in [0.05, 0.1) is 6.61 Å². The number of hydrogen-bond donors (Lipinski definition) is 2. The van der Waals surface area contributed by atoms with Gasteiger partial charge in [-0.15, -0.1) is 0 Å². The second-order valence-corrected chi connectivity index (χ2v) is 5.36. The molecule has 0 atom stereocenters. The highest BCUT2D eigenvalue weighted by atomic mass is 16.5. The van der Waals surface area contributed by atoms with E-state index in [4.69, 9.17) is 10.5 Å². The second-order valence-electron chi connectivity index (χ2n) is 5.36. The van der Waals surface area contributed by atoms with Crippen molar-refractivity contribution in [1.82, 2.24) is 0 Å². The van der Waals surface area contributed by atoms with Gasteiger partial charge in [0.1, 0.15) is 5.75 Å². The Morgan fingerprint density at radius 1 is 1.05 bits per heavy atom. The SMILES string of the molecule is CC(C)COc1ccc(NCCCCCCN)cc1. The molecule has 0 saturated carbocycles.